The Morgan fingerprint density at radius 1 is 1.15 bits per heavy atom. The first-order valence-electron chi connectivity index (χ1n) is 8.71. The molecule has 0 amide bonds. The number of aromatic nitrogens is 4. The maximum atomic E-state index is 6.29. The van der Waals surface area contributed by atoms with Gasteiger partial charge in [0.25, 0.3) is 0 Å². The third kappa shape index (κ3) is 4.57. The lowest BCUT2D eigenvalue weighted by molar-refractivity contribution is -0.0350. The van der Waals surface area contributed by atoms with Crippen LogP contribution < -0.4 is 5.32 Å². The molecule has 138 valence electrons. The summed E-state index contributed by atoms with van der Waals surface area (Å²) in [4.78, 5) is 19.5. The van der Waals surface area contributed by atoms with E-state index in [2.05, 4.69) is 36.2 Å². The molecule has 3 heterocycles. The molecule has 1 aromatic carbocycles. The van der Waals surface area contributed by atoms with Gasteiger partial charge in [0.15, 0.2) is 5.82 Å². The van der Waals surface area contributed by atoms with Crippen molar-refractivity contribution in [3.05, 3.63) is 71.4 Å². The average molecular weight is 383 g/mol. The Balaban J connectivity index is 1.45. The topological polar surface area (TPSA) is 76.1 Å². The second kappa shape index (κ2) is 8.39. The highest BCUT2D eigenvalue weighted by molar-refractivity contribution is 6.31. The van der Waals surface area contributed by atoms with Gasteiger partial charge in [0.05, 0.1) is 24.7 Å². The molecule has 27 heavy (non-hydrogen) atoms. The third-order valence-corrected chi connectivity index (χ3v) is 4.66. The number of hydrogen-bond donors (Lipinski definition) is 1. The van der Waals surface area contributed by atoms with Crippen molar-refractivity contribution in [2.75, 3.05) is 25.0 Å². The molecule has 0 bridgehead atoms. The first-order valence-corrected chi connectivity index (χ1v) is 9.09. The smallest absolute Gasteiger partial charge is 0.228 e. The van der Waals surface area contributed by atoms with Crippen LogP contribution in [0.4, 0.5) is 11.8 Å². The molecular weight excluding hydrogens is 364 g/mol. The number of morpholine rings is 1. The first kappa shape index (κ1) is 17.8. The molecule has 1 aliphatic rings. The summed E-state index contributed by atoms with van der Waals surface area (Å²) in [6, 6.07) is 9.68. The van der Waals surface area contributed by atoms with Crippen molar-refractivity contribution < 1.29 is 4.74 Å². The minimum absolute atomic E-state index is 0.146. The van der Waals surface area contributed by atoms with Crippen LogP contribution in [-0.4, -0.2) is 44.5 Å². The van der Waals surface area contributed by atoms with Gasteiger partial charge in [-0.2, -0.15) is 0 Å². The number of hydrogen-bond acceptors (Lipinski definition) is 7. The number of nitrogens with zero attached hydrogens (tertiary/aromatic N) is 5. The van der Waals surface area contributed by atoms with Crippen molar-refractivity contribution in [3.8, 4) is 0 Å². The van der Waals surface area contributed by atoms with Crippen LogP contribution in [0.1, 0.15) is 17.4 Å². The molecule has 1 saturated heterocycles. The van der Waals surface area contributed by atoms with Crippen molar-refractivity contribution >= 4 is 23.4 Å². The van der Waals surface area contributed by atoms with Gasteiger partial charge in [0, 0.05) is 37.1 Å². The summed E-state index contributed by atoms with van der Waals surface area (Å²) < 4.78 is 5.93. The quantitative estimate of drug-likeness (QED) is 0.725. The molecule has 0 spiro atoms. The molecule has 0 radical (unpaired) electrons. The Morgan fingerprint density at radius 3 is 2.85 bits per heavy atom. The van der Waals surface area contributed by atoms with E-state index in [1.165, 1.54) is 0 Å². The van der Waals surface area contributed by atoms with E-state index in [0.717, 1.165) is 35.9 Å². The molecule has 0 unspecified atom stereocenters. The summed E-state index contributed by atoms with van der Waals surface area (Å²) >= 11 is 6.29. The van der Waals surface area contributed by atoms with E-state index in [1.54, 1.807) is 30.9 Å². The lowest BCUT2D eigenvalue weighted by atomic mass is 10.1. The highest BCUT2D eigenvalue weighted by atomic mass is 35.5. The Hall–Kier alpha value is -2.61. The summed E-state index contributed by atoms with van der Waals surface area (Å²) in [7, 11) is 0. The van der Waals surface area contributed by atoms with Crippen molar-refractivity contribution in [1.29, 1.82) is 0 Å². The van der Waals surface area contributed by atoms with Gasteiger partial charge in [-0.25, -0.2) is 15.0 Å². The molecule has 7 nitrogen and oxygen atoms in total. The van der Waals surface area contributed by atoms with E-state index in [0.29, 0.717) is 18.4 Å². The first-order chi connectivity index (χ1) is 13.3. The summed E-state index contributed by atoms with van der Waals surface area (Å²) in [6.07, 6.45) is 6.57. The Labute approximate surface area is 162 Å². The van der Waals surface area contributed by atoms with E-state index in [1.807, 2.05) is 18.2 Å². The molecule has 2 aromatic heterocycles. The lowest BCUT2D eigenvalue weighted by Gasteiger charge is -2.32. The predicted molar refractivity (Wildman–Crippen MR) is 103 cm³/mol. The molecule has 8 heteroatoms. The van der Waals surface area contributed by atoms with E-state index in [4.69, 9.17) is 16.3 Å². The second-order valence-electron chi connectivity index (χ2n) is 6.21. The largest absolute Gasteiger partial charge is 0.369 e. The number of benzene rings is 1. The summed E-state index contributed by atoms with van der Waals surface area (Å²) in [6.45, 7) is 3.00. The summed E-state index contributed by atoms with van der Waals surface area (Å²) in [5.41, 5.74) is 1.89. The van der Waals surface area contributed by atoms with Gasteiger partial charge >= 0.3 is 0 Å². The van der Waals surface area contributed by atoms with Crippen LogP contribution in [0.25, 0.3) is 0 Å². The zero-order chi connectivity index (χ0) is 18.5. The minimum atomic E-state index is -0.146. The molecule has 0 saturated carbocycles. The number of nitrogens with one attached hydrogen (secondary N) is 1. The van der Waals surface area contributed by atoms with Gasteiger partial charge in [-0.1, -0.05) is 29.8 Å². The van der Waals surface area contributed by atoms with Crippen LogP contribution >= 0.6 is 11.6 Å². The number of rotatable bonds is 5. The van der Waals surface area contributed by atoms with Gasteiger partial charge in [-0.3, -0.25) is 9.88 Å². The highest BCUT2D eigenvalue weighted by Crippen LogP contribution is 2.24. The van der Waals surface area contributed by atoms with Crippen molar-refractivity contribution in [2.24, 2.45) is 0 Å². The molecular formula is C19H19ClN6O. The van der Waals surface area contributed by atoms with Crippen molar-refractivity contribution in [2.45, 2.75) is 12.6 Å². The van der Waals surface area contributed by atoms with Crippen molar-refractivity contribution in [3.63, 3.8) is 0 Å². The molecule has 1 N–H and O–H groups in total. The van der Waals surface area contributed by atoms with E-state index >= 15 is 0 Å². The van der Waals surface area contributed by atoms with Gasteiger partial charge in [0.2, 0.25) is 5.95 Å². The standard InChI is InChI=1S/C19H19ClN6O/c20-15-5-2-1-4-14(15)12-26-8-9-27-17(13-26)16-10-21-11-18(24-16)25-19-22-6-3-7-23-19/h1-7,10-11,17H,8-9,12-13H2,(H,22,23,24,25)/t17-/m0/s1. The predicted octanol–water partition coefficient (Wildman–Crippen LogP) is 3.24. The highest BCUT2D eigenvalue weighted by Gasteiger charge is 2.24. The Morgan fingerprint density at radius 2 is 2.00 bits per heavy atom. The molecule has 0 aliphatic carbocycles. The zero-order valence-electron chi connectivity index (χ0n) is 14.6. The number of ether oxygens (including phenoxy) is 1. The molecule has 1 fully saturated rings. The van der Waals surface area contributed by atoms with Crippen LogP contribution in [0.15, 0.2) is 55.1 Å². The fourth-order valence-electron chi connectivity index (χ4n) is 2.97. The maximum Gasteiger partial charge on any atom is 0.228 e. The molecule has 3 aromatic rings. The van der Waals surface area contributed by atoms with Crippen LogP contribution in [0.5, 0.6) is 0 Å². The molecule has 1 aliphatic heterocycles. The van der Waals surface area contributed by atoms with Crippen LogP contribution in [-0.2, 0) is 11.3 Å². The summed E-state index contributed by atoms with van der Waals surface area (Å²) in [5.74, 6) is 1.07. The van der Waals surface area contributed by atoms with Crippen molar-refractivity contribution in [1.82, 2.24) is 24.8 Å². The van der Waals surface area contributed by atoms with Crippen LogP contribution in [0.3, 0.4) is 0 Å². The van der Waals surface area contributed by atoms with Gasteiger partial charge < -0.3 is 10.1 Å². The normalized spacial score (nSPS) is 17.6. The monoisotopic (exact) mass is 382 g/mol. The van der Waals surface area contributed by atoms with E-state index in [9.17, 15) is 0 Å². The number of halogens is 1. The Bertz CT molecular complexity index is 894. The maximum absolute atomic E-state index is 6.29. The second-order valence-corrected chi connectivity index (χ2v) is 6.62. The SMILES string of the molecule is Clc1ccccc1CN1CCO[C@H](c2cncc(Nc3ncccn3)n2)C1. The molecule has 4 rings (SSSR count). The van der Waals surface area contributed by atoms with Crippen LogP contribution in [0, 0.1) is 0 Å². The molecule has 1 atom stereocenters. The fraction of sp³-hybridized carbons (Fsp3) is 0.263. The fourth-order valence-corrected chi connectivity index (χ4v) is 3.16. The third-order valence-electron chi connectivity index (χ3n) is 4.29. The van der Waals surface area contributed by atoms with E-state index < -0.39 is 0 Å². The van der Waals surface area contributed by atoms with Gasteiger partial charge in [0.1, 0.15) is 6.10 Å². The van der Waals surface area contributed by atoms with Gasteiger partial charge in [-0.15, -0.1) is 0 Å². The minimum Gasteiger partial charge on any atom is -0.369 e. The van der Waals surface area contributed by atoms with Crippen LogP contribution in [0.2, 0.25) is 5.02 Å². The van der Waals surface area contributed by atoms with Gasteiger partial charge in [-0.05, 0) is 17.7 Å². The van der Waals surface area contributed by atoms with E-state index in [-0.39, 0.29) is 6.10 Å². The lowest BCUT2D eigenvalue weighted by Crippen LogP contribution is -2.38. The average Bonchev–Trinajstić information content (AvgIpc) is 2.71. The zero-order valence-corrected chi connectivity index (χ0v) is 15.4. The Kier molecular flexibility index (Phi) is 5.53. The summed E-state index contributed by atoms with van der Waals surface area (Å²) in [5, 5.41) is 3.85. The number of anilines is 2.